The number of amides is 2. The Balaban J connectivity index is 1.24. The number of aromatic nitrogens is 2. The van der Waals surface area contributed by atoms with Crippen LogP contribution in [0.15, 0.2) is 53.9 Å². The van der Waals surface area contributed by atoms with Crippen LogP contribution in [0.25, 0.3) is 10.9 Å². The lowest BCUT2D eigenvalue weighted by Crippen LogP contribution is -2.38. The van der Waals surface area contributed by atoms with Gasteiger partial charge in [0.25, 0.3) is 11.8 Å². The summed E-state index contributed by atoms with van der Waals surface area (Å²) in [5.74, 6) is 1.08. The van der Waals surface area contributed by atoms with Gasteiger partial charge in [-0.25, -0.2) is 9.97 Å². The molecule has 0 bridgehead atoms. The number of pyridine rings is 1. The minimum atomic E-state index is -0.265. The molecule has 2 aromatic carbocycles. The number of hydrogen-bond donors (Lipinski definition) is 1. The van der Waals surface area contributed by atoms with Gasteiger partial charge in [-0.2, -0.15) is 0 Å². The number of hydrogen-bond acceptors (Lipinski definition) is 7. The van der Waals surface area contributed by atoms with Crippen LogP contribution in [0.2, 0.25) is 0 Å². The van der Waals surface area contributed by atoms with Gasteiger partial charge in [-0.1, -0.05) is 24.3 Å². The molecule has 8 nitrogen and oxygen atoms in total. The van der Waals surface area contributed by atoms with Gasteiger partial charge in [0.2, 0.25) is 0 Å². The molecule has 0 atom stereocenters. The standard InChI is InChI=1S/C28H28N4O4S/c1-17-7-6-10-23(35-2)25(17)31-26(33)22-16-37-27(30-22)18-11-13-32(14-12-18)28(34)21-15-24(36-3)19-8-4-5-9-20(19)29-21/h4-10,15-16,18H,11-14H2,1-3H3,(H,31,33). The Kier molecular flexibility index (Phi) is 7.05. The van der Waals surface area contributed by atoms with Crippen LogP contribution in [0.5, 0.6) is 11.5 Å². The van der Waals surface area contributed by atoms with Crippen molar-refractivity contribution < 1.29 is 19.1 Å². The second-order valence-corrected chi connectivity index (χ2v) is 9.86. The first kappa shape index (κ1) is 24.7. The van der Waals surface area contributed by atoms with E-state index in [9.17, 15) is 9.59 Å². The van der Waals surface area contributed by atoms with Crippen molar-refractivity contribution >= 4 is 39.7 Å². The quantitative estimate of drug-likeness (QED) is 0.374. The monoisotopic (exact) mass is 516 g/mol. The molecule has 190 valence electrons. The Morgan fingerprint density at radius 2 is 1.73 bits per heavy atom. The Hall–Kier alpha value is -3.98. The van der Waals surface area contributed by atoms with Crippen LogP contribution in [0.4, 0.5) is 5.69 Å². The molecule has 0 radical (unpaired) electrons. The smallest absolute Gasteiger partial charge is 0.275 e. The fraction of sp³-hybridized carbons (Fsp3) is 0.286. The van der Waals surface area contributed by atoms with Crippen molar-refractivity contribution in [3.63, 3.8) is 0 Å². The largest absolute Gasteiger partial charge is 0.496 e. The number of para-hydroxylation sites is 2. The summed E-state index contributed by atoms with van der Waals surface area (Å²) in [5.41, 5.74) is 3.07. The highest BCUT2D eigenvalue weighted by atomic mass is 32.1. The van der Waals surface area contributed by atoms with E-state index in [0.29, 0.717) is 41.7 Å². The normalized spacial score (nSPS) is 14.0. The third-order valence-corrected chi connectivity index (χ3v) is 7.70. The fourth-order valence-corrected chi connectivity index (χ4v) is 5.61. The third-order valence-electron chi connectivity index (χ3n) is 6.70. The van der Waals surface area contributed by atoms with Crippen molar-refractivity contribution in [2.45, 2.75) is 25.7 Å². The van der Waals surface area contributed by atoms with Crippen LogP contribution >= 0.6 is 11.3 Å². The molecule has 1 aliphatic rings. The molecule has 1 N–H and O–H groups in total. The maximum Gasteiger partial charge on any atom is 0.275 e. The molecule has 5 rings (SSSR count). The lowest BCUT2D eigenvalue weighted by Gasteiger charge is -2.31. The number of rotatable bonds is 6. The van der Waals surface area contributed by atoms with Crippen LogP contribution in [-0.4, -0.2) is 54.0 Å². The van der Waals surface area contributed by atoms with Gasteiger partial charge in [-0.3, -0.25) is 9.59 Å². The van der Waals surface area contributed by atoms with Gasteiger partial charge in [-0.05, 0) is 43.5 Å². The number of carbonyl (C=O) groups is 2. The van der Waals surface area contributed by atoms with Crippen LogP contribution in [-0.2, 0) is 0 Å². The highest BCUT2D eigenvalue weighted by molar-refractivity contribution is 7.10. The fourth-order valence-electron chi connectivity index (χ4n) is 4.64. The lowest BCUT2D eigenvalue weighted by atomic mass is 9.97. The molecule has 9 heteroatoms. The maximum atomic E-state index is 13.2. The number of carbonyl (C=O) groups excluding carboxylic acids is 2. The summed E-state index contributed by atoms with van der Waals surface area (Å²) >= 11 is 1.49. The van der Waals surface area contributed by atoms with E-state index in [-0.39, 0.29) is 17.7 Å². The van der Waals surface area contributed by atoms with Crippen LogP contribution < -0.4 is 14.8 Å². The molecule has 2 aromatic heterocycles. The number of benzene rings is 2. The van der Waals surface area contributed by atoms with Gasteiger partial charge in [0.1, 0.15) is 22.9 Å². The number of methoxy groups -OCH3 is 2. The zero-order valence-electron chi connectivity index (χ0n) is 21.0. The van der Waals surface area contributed by atoms with Gasteiger partial charge < -0.3 is 19.7 Å². The second-order valence-electron chi connectivity index (χ2n) is 8.97. The molecule has 0 unspecified atom stereocenters. The van der Waals surface area contributed by atoms with Gasteiger partial charge >= 0.3 is 0 Å². The minimum absolute atomic E-state index is 0.103. The molecule has 4 aromatic rings. The molecule has 1 saturated heterocycles. The van der Waals surface area contributed by atoms with Crippen molar-refractivity contribution in [1.82, 2.24) is 14.9 Å². The van der Waals surface area contributed by atoms with E-state index in [0.717, 1.165) is 34.3 Å². The molecule has 2 amide bonds. The number of ether oxygens (including phenoxy) is 2. The predicted molar refractivity (Wildman–Crippen MR) is 144 cm³/mol. The van der Waals surface area contributed by atoms with E-state index in [4.69, 9.17) is 9.47 Å². The number of anilines is 1. The summed E-state index contributed by atoms with van der Waals surface area (Å²) in [4.78, 5) is 37.2. The lowest BCUT2D eigenvalue weighted by molar-refractivity contribution is 0.0707. The van der Waals surface area contributed by atoms with Crippen molar-refractivity contribution in [1.29, 1.82) is 0 Å². The van der Waals surface area contributed by atoms with Crippen molar-refractivity contribution in [2.24, 2.45) is 0 Å². The van der Waals surface area contributed by atoms with E-state index in [1.54, 1.807) is 25.7 Å². The molecule has 1 aliphatic heterocycles. The summed E-state index contributed by atoms with van der Waals surface area (Å²) in [6.07, 6.45) is 1.55. The number of thiazole rings is 1. The van der Waals surface area contributed by atoms with Crippen molar-refractivity contribution in [3.05, 3.63) is 75.9 Å². The van der Waals surface area contributed by atoms with E-state index in [1.165, 1.54) is 11.3 Å². The average Bonchev–Trinajstić information content (AvgIpc) is 3.44. The summed E-state index contributed by atoms with van der Waals surface area (Å²) < 4.78 is 10.9. The Morgan fingerprint density at radius 3 is 2.49 bits per heavy atom. The number of piperidine rings is 1. The maximum absolute atomic E-state index is 13.2. The molecule has 37 heavy (non-hydrogen) atoms. The van der Waals surface area contributed by atoms with E-state index in [2.05, 4.69) is 15.3 Å². The van der Waals surface area contributed by atoms with Gasteiger partial charge in [-0.15, -0.1) is 11.3 Å². The summed E-state index contributed by atoms with van der Waals surface area (Å²) in [6, 6.07) is 15.0. The van der Waals surface area contributed by atoms with E-state index >= 15 is 0 Å². The summed E-state index contributed by atoms with van der Waals surface area (Å²) in [6.45, 7) is 3.12. The van der Waals surface area contributed by atoms with Gasteiger partial charge in [0.05, 0.1) is 30.4 Å². The number of nitrogens with zero attached hydrogens (tertiary/aromatic N) is 3. The van der Waals surface area contributed by atoms with Crippen molar-refractivity contribution in [3.8, 4) is 11.5 Å². The Labute approximate surface area is 219 Å². The third kappa shape index (κ3) is 4.99. The number of fused-ring (bicyclic) bond motifs is 1. The number of aryl methyl sites for hydroxylation is 1. The SMILES string of the molecule is COc1cccc(C)c1NC(=O)c1csc(C2CCN(C(=O)c3cc(OC)c4ccccc4n3)CC2)n1. The summed E-state index contributed by atoms with van der Waals surface area (Å²) in [5, 5.41) is 6.52. The zero-order chi connectivity index (χ0) is 25.9. The highest BCUT2D eigenvalue weighted by Crippen LogP contribution is 2.33. The first-order valence-electron chi connectivity index (χ1n) is 12.1. The van der Waals surface area contributed by atoms with E-state index in [1.807, 2.05) is 54.3 Å². The Bertz CT molecular complexity index is 1460. The van der Waals surface area contributed by atoms with Gasteiger partial charge in [0, 0.05) is 35.8 Å². The molecular formula is C28H28N4O4S. The molecule has 0 aliphatic carbocycles. The molecule has 0 spiro atoms. The molecule has 1 fully saturated rings. The Morgan fingerprint density at radius 1 is 0.973 bits per heavy atom. The topological polar surface area (TPSA) is 93.7 Å². The number of nitrogens with one attached hydrogen (secondary N) is 1. The van der Waals surface area contributed by atoms with E-state index < -0.39 is 0 Å². The average molecular weight is 517 g/mol. The highest BCUT2D eigenvalue weighted by Gasteiger charge is 2.28. The molecule has 3 heterocycles. The first-order valence-corrected chi connectivity index (χ1v) is 13.0. The second kappa shape index (κ2) is 10.6. The minimum Gasteiger partial charge on any atom is -0.496 e. The van der Waals surface area contributed by atoms with Crippen LogP contribution in [0.1, 0.15) is 50.3 Å². The molecular weight excluding hydrogens is 488 g/mol. The zero-order valence-corrected chi connectivity index (χ0v) is 21.8. The first-order chi connectivity index (χ1) is 18.0. The van der Waals surface area contributed by atoms with Crippen molar-refractivity contribution in [2.75, 3.05) is 32.6 Å². The predicted octanol–water partition coefficient (Wildman–Crippen LogP) is 5.29. The van der Waals surface area contributed by atoms with Crippen LogP contribution in [0, 0.1) is 6.92 Å². The number of likely N-dealkylation sites (tertiary alicyclic amines) is 1. The van der Waals surface area contributed by atoms with Crippen LogP contribution in [0.3, 0.4) is 0 Å². The molecule has 0 saturated carbocycles. The van der Waals surface area contributed by atoms with Gasteiger partial charge in [0.15, 0.2) is 0 Å². The summed E-state index contributed by atoms with van der Waals surface area (Å²) in [7, 11) is 3.18.